The van der Waals surface area contributed by atoms with Gasteiger partial charge in [-0.05, 0) is 72.7 Å². The number of nitrogens with one attached hydrogen (secondary N) is 1. The van der Waals surface area contributed by atoms with Crippen LogP contribution in [0.5, 0.6) is 0 Å². The zero-order valence-corrected chi connectivity index (χ0v) is 19.4. The van der Waals surface area contributed by atoms with Crippen LogP contribution in [0.3, 0.4) is 0 Å². The van der Waals surface area contributed by atoms with Gasteiger partial charge in [0.1, 0.15) is 0 Å². The summed E-state index contributed by atoms with van der Waals surface area (Å²) in [6.45, 7) is 3.49. The molecule has 0 bridgehead atoms. The van der Waals surface area contributed by atoms with Crippen LogP contribution in [0.2, 0.25) is 0 Å². The van der Waals surface area contributed by atoms with Crippen molar-refractivity contribution in [1.82, 2.24) is 9.88 Å². The van der Waals surface area contributed by atoms with E-state index in [0.717, 1.165) is 39.5 Å². The Kier molecular flexibility index (Phi) is 5.17. The number of H-pyrrole nitrogens is 1. The highest BCUT2D eigenvalue weighted by Gasteiger charge is 2.58. The summed E-state index contributed by atoms with van der Waals surface area (Å²) in [6.07, 6.45) is 3.26. The van der Waals surface area contributed by atoms with Crippen LogP contribution in [-0.4, -0.2) is 33.4 Å². The molecule has 168 valence electrons. The van der Waals surface area contributed by atoms with Crippen molar-refractivity contribution in [3.05, 3.63) is 69.3 Å². The minimum Gasteiger partial charge on any atom is -0.478 e. The third-order valence-electron chi connectivity index (χ3n) is 7.27. The lowest BCUT2D eigenvalue weighted by atomic mass is 9.59. The third-order valence-corrected chi connectivity index (χ3v) is 7.97. The topological polar surface area (TPSA) is 56.3 Å². The van der Waals surface area contributed by atoms with E-state index >= 15 is 0 Å². The fourth-order valence-electron chi connectivity index (χ4n) is 5.70. The Morgan fingerprint density at radius 2 is 1.97 bits per heavy atom. The number of likely N-dealkylation sites (tertiary alicyclic amines) is 1. The number of hydrogen-bond donors (Lipinski definition) is 2. The van der Waals surface area contributed by atoms with Gasteiger partial charge in [-0.2, -0.15) is 0 Å². The van der Waals surface area contributed by atoms with Crippen molar-refractivity contribution in [3.63, 3.8) is 0 Å². The minimum atomic E-state index is -2.56. The quantitative estimate of drug-likeness (QED) is 0.417. The van der Waals surface area contributed by atoms with E-state index in [0.29, 0.717) is 13.0 Å². The first-order valence-corrected chi connectivity index (χ1v) is 11.7. The van der Waals surface area contributed by atoms with Gasteiger partial charge in [-0.15, -0.1) is 0 Å². The number of carboxylic acids is 1. The zero-order chi connectivity index (χ0) is 22.7. The molecule has 2 aliphatic rings. The van der Waals surface area contributed by atoms with Crippen molar-refractivity contribution in [2.45, 2.75) is 51.1 Å². The van der Waals surface area contributed by atoms with Crippen LogP contribution in [0, 0.1) is 12.3 Å². The number of aromatic nitrogens is 1. The molecule has 2 fully saturated rings. The highest BCUT2D eigenvalue weighted by molar-refractivity contribution is 9.10. The number of aromatic amines is 1. The molecular formula is C25H25BrF2N2O2. The first-order chi connectivity index (χ1) is 15.2. The van der Waals surface area contributed by atoms with Gasteiger partial charge in [0.2, 0.25) is 5.92 Å². The van der Waals surface area contributed by atoms with Crippen LogP contribution >= 0.6 is 15.9 Å². The second-order valence-electron chi connectivity index (χ2n) is 9.50. The first-order valence-electron chi connectivity index (χ1n) is 10.9. The van der Waals surface area contributed by atoms with E-state index in [1.54, 1.807) is 12.1 Å². The van der Waals surface area contributed by atoms with E-state index in [4.69, 9.17) is 0 Å². The van der Waals surface area contributed by atoms with Crippen molar-refractivity contribution in [2.75, 3.05) is 6.54 Å². The summed E-state index contributed by atoms with van der Waals surface area (Å²) < 4.78 is 28.7. The molecule has 4 nitrogen and oxygen atoms in total. The van der Waals surface area contributed by atoms with Gasteiger partial charge in [0, 0.05) is 47.0 Å². The molecule has 0 radical (unpaired) electrons. The van der Waals surface area contributed by atoms with E-state index in [2.05, 4.69) is 44.9 Å². The van der Waals surface area contributed by atoms with Crippen LogP contribution < -0.4 is 0 Å². The zero-order valence-electron chi connectivity index (χ0n) is 17.8. The van der Waals surface area contributed by atoms with Gasteiger partial charge in [-0.3, -0.25) is 4.90 Å². The number of alkyl halides is 2. The number of fused-ring (bicyclic) bond motifs is 1. The Labute approximate surface area is 193 Å². The molecule has 2 N–H and O–H groups in total. The van der Waals surface area contributed by atoms with E-state index in [1.807, 2.05) is 18.3 Å². The molecule has 1 spiro atoms. The SMILES string of the molecule is Cc1cc(Br)c(CN2CCC3(C[C@H]2c2ccc(C(=O)O)cc2)CC(F)(F)C3)c2cc[nH]c12. The summed E-state index contributed by atoms with van der Waals surface area (Å²) in [5.74, 6) is -3.53. The molecule has 2 heterocycles. The van der Waals surface area contributed by atoms with Gasteiger partial charge in [-0.1, -0.05) is 28.1 Å². The van der Waals surface area contributed by atoms with Crippen LogP contribution in [0.4, 0.5) is 8.78 Å². The summed E-state index contributed by atoms with van der Waals surface area (Å²) in [5, 5.41) is 10.4. The molecule has 1 saturated carbocycles. The molecule has 1 saturated heterocycles. The standard InChI is InChI=1S/C25H25BrF2N2O2/c1-15-10-20(26)19(18-6-8-29-22(15)18)12-30-9-7-24(13-25(27,28)14-24)11-21(30)16-2-4-17(5-3-16)23(31)32/h2-6,8,10,21,29H,7,9,11-14H2,1H3,(H,31,32)/t21-/m0/s1. The number of carboxylic acid groups (broad SMARTS) is 1. The summed E-state index contributed by atoms with van der Waals surface area (Å²) in [4.78, 5) is 17.0. The molecule has 2 aromatic carbocycles. The highest BCUT2D eigenvalue weighted by Crippen LogP contribution is 2.60. The van der Waals surface area contributed by atoms with Crippen LogP contribution in [0.25, 0.3) is 10.9 Å². The Balaban J connectivity index is 1.49. The average molecular weight is 503 g/mol. The Morgan fingerprint density at radius 1 is 1.25 bits per heavy atom. The van der Waals surface area contributed by atoms with Crippen LogP contribution in [0.15, 0.2) is 47.1 Å². The van der Waals surface area contributed by atoms with Crippen molar-refractivity contribution in [2.24, 2.45) is 5.41 Å². The summed E-state index contributed by atoms with van der Waals surface area (Å²) in [5.41, 5.74) is 4.33. The first kappa shape index (κ1) is 21.6. The normalized spacial score (nSPS) is 22.2. The number of aryl methyl sites for hydroxylation is 1. The molecule has 0 unspecified atom stereocenters. The van der Waals surface area contributed by atoms with Gasteiger partial charge in [0.05, 0.1) is 5.56 Å². The average Bonchev–Trinajstić information content (AvgIpc) is 3.21. The van der Waals surface area contributed by atoms with E-state index < -0.39 is 11.9 Å². The highest BCUT2D eigenvalue weighted by atomic mass is 79.9. The predicted molar refractivity (Wildman–Crippen MR) is 123 cm³/mol. The fourth-order valence-corrected chi connectivity index (χ4v) is 6.38. The number of benzene rings is 2. The van der Waals surface area contributed by atoms with Gasteiger partial charge >= 0.3 is 5.97 Å². The summed E-state index contributed by atoms with van der Waals surface area (Å²) >= 11 is 3.74. The van der Waals surface area contributed by atoms with Crippen molar-refractivity contribution in [3.8, 4) is 0 Å². The van der Waals surface area contributed by atoms with E-state index in [1.165, 1.54) is 5.56 Å². The minimum absolute atomic E-state index is 0.0371. The smallest absolute Gasteiger partial charge is 0.335 e. The molecule has 1 aliphatic carbocycles. The molecule has 1 aliphatic heterocycles. The molecule has 1 aromatic heterocycles. The van der Waals surface area contributed by atoms with Gasteiger partial charge in [0.25, 0.3) is 0 Å². The number of nitrogens with zero attached hydrogens (tertiary/aromatic N) is 1. The molecule has 1 atom stereocenters. The van der Waals surface area contributed by atoms with E-state index in [-0.39, 0.29) is 29.9 Å². The second-order valence-corrected chi connectivity index (χ2v) is 10.4. The Morgan fingerprint density at radius 3 is 2.62 bits per heavy atom. The summed E-state index contributed by atoms with van der Waals surface area (Å²) in [6, 6.07) is 11.1. The molecule has 7 heteroatoms. The number of hydrogen-bond acceptors (Lipinski definition) is 2. The summed E-state index contributed by atoms with van der Waals surface area (Å²) in [7, 11) is 0. The number of halogens is 3. The van der Waals surface area contributed by atoms with Crippen molar-refractivity contribution in [1.29, 1.82) is 0 Å². The molecule has 0 amide bonds. The van der Waals surface area contributed by atoms with Gasteiger partial charge < -0.3 is 10.1 Å². The molecule has 5 rings (SSSR count). The molecular weight excluding hydrogens is 478 g/mol. The maximum atomic E-state index is 13.8. The number of piperidine rings is 1. The number of aromatic carboxylic acids is 1. The van der Waals surface area contributed by atoms with Crippen molar-refractivity contribution < 1.29 is 18.7 Å². The van der Waals surface area contributed by atoms with Crippen LogP contribution in [0.1, 0.15) is 58.8 Å². The lowest BCUT2D eigenvalue weighted by Gasteiger charge is -2.54. The van der Waals surface area contributed by atoms with Crippen LogP contribution in [-0.2, 0) is 6.54 Å². The Hall–Kier alpha value is -2.25. The Bertz CT molecular complexity index is 1180. The number of rotatable bonds is 4. The largest absolute Gasteiger partial charge is 0.478 e. The number of carbonyl (C=O) groups is 1. The van der Waals surface area contributed by atoms with Gasteiger partial charge in [0.15, 0.2) is 0 Å². The van der Waals surface area contributed by atoms with Crippen molar-refractivity contribution >= 4 is 32.8 Å². The maximum absolute atomic E-state index is 13.8. The molecule has 3 aromatic rings. The predicted octanol–water partition coefficient (Wildman–Crippen LogP) is 6.69. The maximum Gasteiger partial charge on any atom is 0.335 e. The lowest BCUT2D eigenvalue weighted by Crippen LogP contribution is -2.53. The fraction of sp³-hybridized carbons (Fsp3) is 0.400. The van der Waals surface area contributed by atoms with E-state index in [9.17, 15) is 18.7 Å². The second kappa shape index (κ2) is 7.66. The van der Waals surface area contributed by atoms with Gasteiger partial charge in [-0.25, -0.2) is 13.6 Å². The molecule has 32 heavy (non-hydrogen) atoms. The third kappa shape index (κ3) is 3.75. The lowest BCUT2D eigenvalue weighted by molar-refractivity contribution is -0.186. The monoisotopic (exact) mass is 502 g/mol.